The second kappa shape index (κ2) is 7.98. The quantitative estimate of drug-likeness (QED) is 0.652. The van der Waals surface area contributed by atoms with Crippen molar-refractivity contribution in [3.63, 3.8) is 0 Å². The van der Waals surface area contributed by atoms with Crippen LogP contribution >= 0.6 is 0 Å². The predicted octanol–water partition coefficient (Wildman–Crippen LogP) is 3.56. The molecule has 2 aromatic carbocycles. The summed E-state index contributed by atoms with van der Waals surface area (Å²) in [5.74, 6) is -0.321. The van der Waals surface area contributed by atoms with Gasteiger partial charge in [0.25, 0.3) is 5.91 Å². The average Bonchev–Trinajstić information content (AvgIpc) is 3.03. The van der Waals surface area contributed by atoms with Crippen LogP contribution in [-0.4, -0.2) is 34.9 Å². The summed E-state index contributed by atoms with van der Waals surface area (Å²) in [6, 6.07) is 11.7. The number of fused-ring (bicyclic) bond motifs is 1. The number of rotatable bonds is 5. The first-order valence-corrected chi connectivity index (χ1v) is 9.46. The SMILES string of the molecule is CC(=O)OCCn1nc(C)c(-c2ccc3c(c2)NC(=O)CO3)c1-c1ccc(F)cc1. The number of carbonyl (C=O) groups is 2. The Morgan fingerprint density at radius 1 is 1.23 bits per heavy atom. The van der Waals surface area contributed by atoms with Crippen molar-refractivity contribution in [2.75, 3.05) is 18.5 Å². The van der Waals surface area contributed by atoms with Gasteiger partial charge in [-0.3, -0.25) is 14.3 Å². The lowest BCUT2D eigenvalue weighted by molar-refractivity contribution is -0.141. The van der Waals surface area contributed by atoms with Crippen LogP contribution in [0.3, 0.4) is 0 Å². The Morgan fingerprint density at radius 2 is 1.97 bits per heavy atom. The summed E-state index contributed by atoms with van der Waals surface area (Å²) in [7, 11) is 0. The molecule has 2 heterocycles. The number of hydrogen-bond acceptors (Lipinski definition) is 5. The first-order valence-electron chi connectivity index (χ1n) is 9.46. The first-order chi connectivity index (χ1) is 14.4. The molecule has 7 nitrogen and oxygen atoms in total. The second-order valence-corrected chi connectivity index (χ2v) is 6.93. The van der Waals surface area contributed by atoms with Crippen molar-refractivity contribution in [3.05, 3.63) is 54.0 Å². The van der Waals surface area contributed by atoms with E-state index in [1.54, 1.807) is 22.9 Å². The molecule has 0 unspecified atom stereocenters. The molecule has 0 fully saturated rings. The van der Waals surface area contributed by atoms with E-state index in [1.807, 2.05) is 19.1 Å². The highest BCUT2D eigenvalue weighted by Gasteiger charge is 2.22. The molecule has 1 aliphatic heterocycles. The van der Waals surface area contributed by atoms with Crippen molar-refractivity contribution in [1.82, 2.24) is 9.78 Å². The highest BCUT2D eigenvalue weighted by Crippen LogP contribution is 2.39. The summed E-state index contributed by atoms with van der Waals surface area (Å²) in [4.78, 5) is 22.9. The van der Waals surface area contributed by atoms with Gasteiger partial charge < -0.3 is 14.8 Å². The van der Waals surface area contributed by atoms with Gasteiger partial charge >= 0.3 is 5.97 Å². The molecule has 8 heteroatoms. The van der Waals surface area contributed by atoms with E-state index in [2.05, 4.69) is 10.4 Å². The van der Waals surface area contributed by atoms with Gasteiger partial charge in [0.15, 0.2) is 6.61 Å². The van der Waals surface area contributed by atoms with Gasteiger partial charge in [0, 0.05) is 18.1 Å². The van der Waals surface area contributed by atoms with Crippen molar-refractivity contribution in [1.29, 1.82) is 0 Å². The van der Waals surface area contributed by atoms with Crippen molar-refractivity contribution in [2.24, 2.45) is 0 Å². The molecule has 0 spiro atoms. The lowest BCUT2D eigenvalue weighted by Crippen LogP contribution is -2.25. The standard InChI is InChI=1S/C22H20FN3O4/c1-13-21(16-5-8-19-18(11-16)24-20(28)12-30-19)22(15-3-6-17(23)7-4-15)26(25-13)9-10-29-14(2)27/h3-8,11H,9-10,12H2,1-2H3,(H,24,28). The molecule has 1 aromatic heterocycles. The number of aromatic nitrogens is 2. The van der Waals surface area contributed by atoms with Crippen LogP contribution in [0.4, 0.5) is 10.1 Å². The molecular weight excluding hydrogens is 389 g/mol. The maximum absolute atomic E-state index is 13.5. The van der Waals surface area contributed by atoms with Gasteiger partial charge in [0.05, 0.1) is 23.6 Å². The number of nitrogens with one attached hydrogen (secondary N) is 1. The zero-order valence-corrected chi connectivity index (χ0v) is 16.6. The molecule has 0 radical (unpaired) electrons. The summed E-state index contributed by atoms with van der Waals surface area (Å²) >= 11 is 0. The molecule has 0 aliphatic carbocycles. The van der Waals surface area contributed by atoms with Crippen molar-refractivity contribution in [3.8, 4) is 28.1 Å². The largest absolute Gasteiger partial charge is 0.482 e. The number of amides is 1. The minimum absolute atomic E-state index is 0.0136. The summed E-state index contributed by atoms with van der Waals surface area (Å²) in [5.41, 5.74) is 4.54. The van der Waals surface area contributed by atoms with Gasteiger partial charge in [-0.1, -0.05) is 6.07 Å². The Hall–Kier alpha value is -3.68. The molecular formula is C22H20FN3O4. The summed E-state index contributed by atoms with van der Waals surface area (Å²) in [6.45, 7) is 3.72. The molecule has 4 rings (SSSR count). The summed E-state index contributed by atoms with van der Waals surface area (Å²) in [5, 5.41) is 7.43. The lowest BCUT2D eigenvalue weighted by atomic mass is 9.98. The normalized spacial score (nSPS) is 12.7. The third kappa shape index (κ3) is 3.89. The number of carbonyl (C=O) groups excluding carboxylic acids is 2. The van der Waals surface area contributed by atoms with Gasteiger partial charge in [-0.2, -0.15) is 5.10 Å². The van der Waals surface area contributed by atoms with Crippen LogP contribution in [0, 0.1) is 12.7 Å². The smallest absolute Gasteiger partial charge is 0.302 e. The summed E-state index contributed by atoms with van der Waals surface area (Å²) < 4.78 is 25.8. The monoisotopic (exact) mass is 409 g/mol. The van der Waals surface area contributed by atoms with E-state index in [1.165, 1.54) is 19.1 Å². The Labute approximate surface area is 172 Å². The highest BCUT2D eigenvalue weighted by atomic mass is 19.1. The molecule has 154 valence electrons. The van der Waals surface area contributed by atoms with Crippen LogP contribution in [0.1, 0.15) is 12.6 Å². The minimum Gasteiger partial charge on any atom is -0.482 e. The molecule has 0 atom stereocenters. The molecule has 0 saturated heterocycles. The molecule has 30 heavy (non-hydrogen) atoms. The fourth-order valence-electron chi connectivity index (χ4n) is 3.50. The maximum Gasteiger partial charge on any atom is 0.302 e. The van der Waals surface area contributed by atoms with E-state index in [4.69, 9.17) is 9.47 Å². The fraction of sp³-hybridized carbons (Fsp3) is 0.227. The van der Waals surface area contributed by atoms with Crippen LogP contribution < -0.4 is 10.1 Å². The first kappa shape index (κ1) is 19.6. The maximum atomic E-state index is 13.5. The molecule has 1 amide bonds. The van der Waals surface area contributed by atoms with Crippen LogP contribution in [0.2, 0.25) is 0 Å². The van der Waals surface area contributed by atoms with E-state index >= 15 is 0 Å². The average molecular weight is 409 g/mol. The van der Waals surface area contributed by atoms with Crippen LogP contribution in [0.25, 0.3) is 22.4 Å². The molecule has 0 saturated carbocycles. The van der Waals surface area contributed by atoms with Crippen LogP contribution in [0.15, 0.2) is 42.5 Å². The zero-order valence-electron chi connectivity index (χ0n) is 16.6. The Balaban J connectivity index is 1.81. The number of hydrogen-bond donors (Lipinski definition) is 1. The van der Waals surface area contributed by atoms with E-state index in [0.29, 0.717) is 18.0 Å². The van der Waals surface area contributed by atoms with Gasteiger partial charge in [0.2, 0.25) is 0 Å². The number of aryl methyl sites for hydroxylation is 1. The van der Waals surface area contributed by atoms with Gasteiger partial charge in [-0.15, -0.1) is 0 Å². The van der Waals surface area contributed by atoms with E-state index in [0.717, 1.165) is 28.1 Å². The molecule has 1 aliphatic rings. The third-order valence-electron chi connectivity index (χ3n) is 4.75. The van der Waals surface area contributed by atoms with Crippen molar-refractivity contribution >= 4 is 17.6 Å². The third-order valence-corrected chi connectivity index (χ3v) is 4.75. The van der Waals surface area contributed by atoms with Crippen molar-refractivity contribution < 1.29 is 23.5 Å². The number of nitrogens with zero attached hydrogens (tertiary/aromatic N) is 2. The zero-order chi connectivity index (χ0) is 21.3. The molecule has 1 N–H and O–H groups in total. The number of halogens is 1. The second-order valence-electron chi connectivity index (χ2n) is 6.93. The highest BCUT2D eigenvalue weighted by molar-refractivity contribution is 5.97. The number of anilines is 1. The number of esters is 1. The van der Waals surface area contributed by atoms with E-state index in [9.17, 15) is 14.0 Å². The van der Waals surface area contributed by atoms with Crippen LogP contribution in [-0.2, 0) is 20.9 Å². The topological polar surface area (TPSA) is 82.5 Å². The van der Waals surface area contributed by atoms with Crippen LogP contribution in [0.5, 0.6) is 5.75 Å². The van der Waals surface area contributed by atoms with Gasteiger partial charge in [0.1, 0.15) is 18.2 Å². The Kier molecular flexibility index (Phi) is 5.22. The number of benzene rings is 2. The molecule has 3 aromatic rings. The van der Waals surface area contributed by atoms with E-state index in [-0.39, 0.29) is 30.9 Å². The fourth-order valence-corrected chi connectivity index (χ4v) is 3.50. The molecule has 0 bridgehead atoms. The summed E-state index contributed by atoms with van der Waals surface area (Å²) in [6.07, 6.45) is 0. The Bertz CT molecular complexity index is 1120. The lowest BCUT2D eigenvalue weighted by Gasteiger charge is -2.19. The van der Waals surface area contributed by atoms with Crippen molar-refractivity contribution in [2.45, 2.75) is 20.4 Å². The minimum atomic E-state index is -0.368. The predicted molar refractivity (Wildman–Crippen MR) is 109 cm³/mol. The van der Waals surface area contributed by atoms with Gasteiger partial charge in [-0.05, 0) is 48.9 Å². The number of ether oxygens (including phenoxy) is 2. The van der Waals surface area contributed by atoms with E-state index < -0.39 is 0 Å². The van der Waals surface area contributed by atoms with Gasteiger partial charge in [-0.25, -0.2) is 4.39 Å². The Morgan fingerprint density at radius 3 is 2.70 bits per heavy atom.